The first-order valence-corrected chi connectivity index (χ1v) is 9.73. The molecule has 0 aliphatic heterocycles. The zero-order valence-electron chi connectivity index (χ0n) is 15.0. The van der Waals surface area contributed by atoms with E-state index in [4.69, 9.17) is 0 Å². The predicted molar refractivity (Wildman–Crippen MR) is 91.9 cm³/mol. The minimum absolute atomic E-state index is 0.262. The fourth-order valence-corrected chi connectivity index (χ4v) is 7.13. The van der Waals surface area contributed by atoms with Crippen LogP contribution in [0.4, 0.5) is 0 Å². The van der Waals surface area contributed by atoms with Crippen LogP contribution in [0, 0.1) is 35.0 Å². The van der Waals surface area contributed by atoms with Crippen molar-refractivity contribution in [1.82, 2.24) is 0 Å². The third kappa shape index (κ3) is 2.35. The molecule has 0 aromatic heterocycles. The van der Waals surface area contributed by atoms with Crippen molar-refractivity contribution in [2.75, 3.05) is 0 Å². The second-order valence-electron chi connectivity index (χ2n) is 9.55. The third-order valence-electron chi connectivity index (χ3n) is 8.21. The van der Waals surface area contributed by atoms with Crippen molar-refractivity contribution in [3.05, 3.63) is 11.6 Å². The lowest BCUT2D eigenvalue weighted by molar-refractivity contribution is -0.126. The molecule has 0 aromatic rings. The highest BCUT2D eigenvalue weighted by molar-refractivity contribution is 5.79. The zero-order chi connectivity index (χ0) is 16.4. The molecule has 0 heterocycles. The molecule has 1 N–H and O–H groups in total. The predicted octanol–water partition coefficient (Wildman–Crippen LogP) is 4.52. The molecule has 4 aliphatic rings. The van der Waals surface area contributed by atoms with Gasteiger partial charge in [0.2, 0.25) is 0 Å². The number of carbonyl (C=O) groups is 1. The molecule has 23 heavy (non-hydrogen) atoms. The van der Waals surface area contributed by atoms with Crippen molar-refractivity contribution in [2.24, 2.45) is 35.0 Å². The maximum Gasteiger partial charge on any atom is 0.133 e. The van der Waals surface area contributed by atoms with E-state index in [9.17, 15) is 9.90 Å². The maximum atomic E-state index is 12.1. The minimum Gasteiger partial charge on any atom is -0.390 e. The Morgan fingerprint density at radius 3 is 2.65 bits per heavy atom. The number of carbonyl (C=O) groups excluding carboxylic acids is 1. The van der Waals surface area contributed by atoms with Gasteiger partial charge >= 0.3 is 0 Å². The van der Waals surface area contributed by atoms with Gasteiger partial charge < -0.3 is 5.11 Å². The van der Waals surface area contributed by atoms with Crippen molar-refractivity contribution in [2.45, 2.75) is 77.7 Å². The summed E-state index contributed by atoms with van der Waals surface area (Å²) in [6.45, 7) is 6.23. The van der Waals surface area contributed by atoms with E-state index in [-0.39, 0.29) is 5.41 Å². The molecule has 4 rings (SSSR count). The Kier molecular flexibility index (Phi) is 3.58. The lowest BCUT2D eigenvalue weighted by atomic mass is 9.51. The molecule has 0 amide bonds. The van der Waals surface area contributed by atoms with E-state index < -0.39 is 5.60 Å². The van der Waals surface area contributed by atoms with Gasteiger partial charge in [-0.25, -0.2) is 0 Å². The van der Waals surface area contributed by atoms with Gasteiger partial charge in [0.25, 0.3) is 0 Å². The van der Waals surface area contributed by atoms with Crippen LogP contribution < -0.4 is 0 Å². The molecule has 128 valence electrons. The average Bonchev–Trinajstić information content (AvgIpc) is 2.83. The summed E-state index contributed by atoms with van der Waals surface area (Å²) in [6.07, 6.45) is 11.6. The van der Waals surface area contributed by atoms with Crippen molar-refractivity contribution in [3.63, 3.8) is 0 Å². The minimum atomic E-state index is -0.481. The number of fused-ring (bicyclic) bond motifs is 5. The van der Waals surface area contributed by atoms with Gasteiger partial charge in [-0.15, -0.1) is 0 Å². The summed E-state index contributed by atoms with van der Waals surface area (Å²) in [5.41, 5.74) is 1.33. The van der Waals surface area contributed by atoms with Crippen LogP contribution in [0.5, 0.6) is 0 Å². The van der Waals surface area contributed by atoms with Gasteiger partial charge in [-0.05, 0) is 94.3 Å². The monoisotopic (exact) mass is 316 g/mol. The Bertz CT molecular complexity index is 546. The molecule has 0 aromatic carbocycles. The van der Waals surface area contributed by atoms with E-state index in [1.165, 1.54) is 32.1 Å². The topological polar surface area (TPSA) is 37.3 Å². The molecule has 7 atom stereocenters. The second-order valence-corrected chi connectivity index (χ2v) is 9.55. The molecule has 3 saturated carbocycles. The van der Waals surface area contributed by atoms with Gasteiger partial charge in [-0.1, -0.05) is 18.6 Å². The van der Waals surface area contributed by atoms with Gasteiger partial charge in [-0.2, -0.15) is 0 Å². The van der Waals surface area contributed by atoms with Crippen LogP contribution in [0.15, 0.2) is 11.6 Å². The quantitative estimate of drug-likeness (QED) is 0.722. The largest absolute Gasteiger partial charge is 0.390 e. The molecule has 7 unspecified atom stereocenters. The molecule has 0 radical (unpaired) electrons. The van der Waals surface area contributed by atoms with Gasteiger partial charge in [0.05, 0.1) is 5.60 Å². The van der Waals surface area contributed by atoms with Crippen LogP contribution >= 0.6 is 0 Å². The summed E-state index contributed by atoms with van der Waals surface area (Å²) in [5.74, 6) is 3.80. The summed E-state index contributed by atoms with van der Waals surface area (Å²) in [7, 11) is 0. The van der Waals surface area contributed by atoms with E-state index in [1.807, 2.05) is 13.8 Å². The van der Waals surface area contributed by atoms with E-state index in [0.29, 0.717) is 11.7 Å². The number of aliphatic hydroxyl groups is 1. The molecule has 2 nitrogen and oxygen atoms in total. The van der Waals surface area contributed by atoms with Crippen LogP contribution in [0.2, 0.25) is 0 Å². The number of hydrogen-bond acceptors (Lipinski definition) is 2. The van der Waals surface area contributed by atoms with E-state index in [2.05, 4.69) is 13.0 Å². The smallest absolute Gasteiger partial charge is 0.133 e. The maximum absolute atomic E-state index is 12.1. The highest BCUT2D eigenvalue weighted by atomic mass is 16.3. The molecule has 4 aliphatic carbocycles. The fourth-order valence-electron chi connectivity index (χ4n) is 7.13. The number of ketones is 1. The normalized spacial score (nSPS) is 52.2. The summed E-state index contributed by atoms with van der Waals surface area (Å²) in [5, 5.41) is 10.4. The van der Waals surface area contributed by atoms with Crippen molar-refractivity contribution < 1.29 is 9.90 Å². The van der Waals surface area contributed by atoms with Crippen LogP contribution in [0.25, 0.3) is 0 Å². The number of hydrogen-bond donors (Lipinski definition) is 1. The van der Waals surface area contributed by atoms with E-state index in [0.717, 1.165) is 42.9 Å². The first-order valence-electron chi connectivity index (χ1n) is 9.73. The number of allylic oxidation sites excluding steroid dienone is 1. The number of rotatable bonds is 1. The van der Waals surface area contributed by atoms with Crippen molar-refractivity contribution in [1.29, 1.82) is 0 Å². The second kappa shape index (κ2) is 5.18. The van der Waals surface area contributed by atoms with Gasteiger partial charge in [0.15, 0.2) is 0 Å². The zero-order valence-corrected chi connectivity index (χ0v) is 15.0. The first-order chi connectivity index (χ1) is 10.8. The van der Waals surface area contributed by atoms with Crippen molar-refractivity contribution in [3.8, 4) is 0 Å². The van der Waals surface area contributed by atoms with E-state index in [1.54, 1.807) is 5.57 Å². The van der Waals surface area contributed by atoms with Gasteiger partial charge in [-0.3, -0.25) is 4.79 Å². The molecule has 3 fully saturated rings. The molecule has 0 spiro atoms. The van der Waals surface area contributed by atoms with Gasteiger partial charge in [0.1, 0.15) is 5.78 Å². The Labute approximate surface area is 140 Å². The third-order valence-corrected chi connectivity index (χ3v) is 8.21. The van der Waals surface area contributed by atoms with Crippen LogP contribution in [0.3, 0.4) is 0 Å². The highest BCUT2D eigenvalue weighted by Gasteiger charge is 2.57. The van der Waals surface area contributed by atoms with Crippen LogP contribution in [-0.4, -0.2) is 16.5 Å². The molecule has 0 bridgehead atoms. The highest BCUT2D eigenvalue weighted by Crippen LogP contribution is 2.63. The van der Waals surface area contributed by atoms with E-state index >= 15 is 0 Å². The lowest BCUT2D eigenvalue weighted by Gasteiger charge is -2.54. The molecule has 0 saturated heterocycles. The summed E-state index contributed by atoms with van der Waals surface area (Å²) in [6, 6.07) is 0. The Morgan fingerprint density at radius 2 is 1.91 bits per heavy atom. The van der Waals surface area contributed by atoms with Crippen LogP contribution in [0.1, 0.15) is 72.1 Å². The molecular formula is C21H32O2. The van der Waals surface area contributed by atoms with Gasteiger partial charge in [0, 0.05) is 5.92 Å². The fraction of sp³-hybridized carbons (Fsp3) is 0.857. The Hall–Kier alpha value is -0.630. The lowest BCUT2D eigenvalue weighted by Crippen LogP contribution is -2.48. The first kappa shape index (κ1) is 15.9. The summed E-state index contributed by atoms with van der Waals surface area (Å²) >= 11 is 0. The molecular weight excluding hydrogens is 284 g/mol. The van der Waals surface area contributed by atoms with Crippen LogP contribution in [-0.2, 0) is 4.79 Å². The average molecular weight is 316 g/mol. The SMILES string of the molecule is CC(=O)C1CCC2C3CC=C4CC(C)(O)CCC4C3CCC12C. The summed E-state index contributed by atoms with van der Waals surface area (Å²) in [4.78, 5) is 12.1. The standard InChI is InChI=1S/C21H32O2/c1-13(22)18-6-7-19-17-5-4-14-12-20(2,23)10-8-15(14)16(17)9-11-21(18,19)3/h4,15-19,23H,5-12H2,1-3H3. The molecule has 2 heteroatoms. The van der Waals surface area contributed by atoms with Crippen molar-refractivity contribution >= 4 is 5.78 Å². The Balaban J connectivity index is 1.61. The number of Topliss-reactive ketones (excluding diaryl/α,β-unsaturated/α-hetero) is 1. The Morgan fingerprint density at radius 1 is 1.13 bits per heavy atom. The summed E-state index contributed by atoms with van der Waals surface area (Å²) < 4.78 is 0.